The van der Waals surface area contributed by atoms with Crippen LogP contribution in [0.1, 0.15) is 25.2 Å². The Balaban J connectivity index is 1.15. The van der Waals surface area contributed by atoms with Crippen LogP contribution >= 0.6 is 22.7 Å². The first-order valence-electron chi connectivity index (χ1n) is 10.4. The van der Waals surface area contributed by atoms with Crippen molar-refractivity contribution in [2.45, 2.75) is 13.0 Å². The third-order valence-electron chi connectivity index (χ3n) is 5.96. The van der Waals surface area contributed by atoms with Crippen LogP contribution in [0.2, 0.25) is 0 Å². The molecule has 4 heterocycles. The molecule has 2 saturated heterocycles. The second-order valence-corrected chi connectivity index (χ2v) is 9.86. The van der Waals surface area contributed by atoms with Crippen molar-refractivity contribution in [1.82, 2.24) is 24.7 Å². The number of aromatic nitrogens is 2. The maximum Gasteiger partial charge on any atom is 0.282 e. The highest BCUT2D eigenvalue weighted by Gasteiger charge is 2.38. The summed E-state index contributed by atoms with van der Waals surface area (Å²) in [4.78, 5) is 40.8. The molecule has 0 spiro atoms. The Labute approximate surface area is 193 Å². The van der Waals surface area contributed by atoms with Gasteiger partial charge in [-0.25, -0.2) is 14.4 Å². The molecule has 0 atom stereocenters. The maximum atomic E-state index is 13.2. The van der Waals surface area contributed by atoms with Gasteiger partial charge in [0.05, 0.1) is 5.69 Å². The van der Waals surface area contributed by atoms with Crippen molar-refractivity contribution in [3.05, 3.63) is 57.2 Å². The molecule has 2 aromatic heterocycles. The van der Waals surface area contributed by atoms with E-state index >= 15 is 0 Å². The summed E-state index contributed by atoms with van der Waals surface area (Å²) in [6, 6.07) is 6.48. The maximum absolute atomic E-state index is 13.2. The van der Waals surface area contributed by atoms with Gasteiger partial charge in [0, 0.05) is 62.5 Å². The van der Waals surface area contributed by atoms with Crippen molar-refractivity contribution >= 4 is 34.5 Å². The number of carbonyl (C=O) groups excluding carboxylic acids is 2. The predicted octanol–water partition coefficient (Wildman–Crippen LogP) is 3.00. The molecule has 3 aromatic rings. The van der Waals surface area contributed by atoms with Gasteiger partial charge in [-0.3, -0.25) is 14.5 Å². The molecule has 2 fully saturated rings. The molecule has 2 amide bonds. The highest BCUT2D eigenvalue weighted by Crippen LogP contribution is 2.30. The van der Waals surface area contributed by atoms with Gasteiger partial charge < -0.3 is 9.80 Å². The standard InChI is InChI=1S/C22H22FN5O2S2/c1-14-18(32-19(25-14)15-2-4-16(23)5-3-15)21(29)28-12-17(13-28)26-7-9-27(10-8-26)22(30)20-24-6-11-31-20/h2-6,11,17H,7-10,12-13H2,1H3. The lowest BCUT2D eigenvalue weighted by Gasteiger charge is -2.47. The van der Waals surface area contributed by atoms with E-state index in [1.165, 1.54) is 34.8 Å². The van der Waals surface area contributed by atoms with Gasteiger partial charge in [0.1, 0.15) is 15.7 Å². The van der Waals surface area contributed by atoms with Gasteiger partial charge in [-0.05, 0) is 31.2 Å². The quantitative estimate of drug-likeness (QED) is 0.585. The molecular weight excluding hydrogens is 449 g/mol. The minimum atomic E-state index is -0.293. The van der Waals surface area contributed by atoms with Crippen molar-refractivity contribution in [1.29, 1.82) is 0 Å². The second kappa shape index (κ2) is 8.68. The molecule has 32 heavy (non-hydrogen) atoms. The van der Waals surface area contributed by atoms with Crippen LogP contribution in [0.25, 0.3) is 10.6 Å². The van der Waals surface area contributed by atoms with Crippen molar-refractivity contribution in [3.63, 3.8) is 0 Å². The van der Waals surface area contributed by atoms with Gasteiger partial charge in [0.2, 0.25) is 0 Å². The Morgan fingerprint density at radius 1 is 1.03 bits per heavy atom. The summed E-state index contributed by atoms with van der Waals surface area (Å²) in [5, 5.41) is 3.08. The topological polar surface area (TPSA) is 69.6 Å². The molecule has 166 valence electrons. The van der Waals surface area contributed by atoms with Gasteiger partial charge in [0.15, 0.2) is 5.01 Å². The lowest BCUT2D eigenvalue weighted by atomic mass is 10.1. The number of piperazine rings is 1. The van der Waals surface area contributed by atoms with Gasteiger partial charge >= 0.3 is 0 Å². The molecule has 2 aliphatic heterocycles. The van der Waals surface area contributed by atoms with Crippen LogP contribution in [0.3, 0.4) is 0 Å². The average molecular weight is 472 g/mol. The zero-order chi connectivity index (χ0) is 22.2. The van der Waals surface area contributed by atoms with Gasteiger partial charge in [-0.2, -0.15) is 0 Å². The van der Waals surface area contributed by atoms with E-state index in [-0.39, 0.29) is 17.6 Å². The van der Waals surface area contributed by atoms with E-state index in [1.54, 1.807) is 18.3 Å². The minimum Gasteiger partial charge on any atom is -0.335 e. The normalized spacial score (nSPS) is 17.4. The van der Waals surface area contributed by atoms with Crippen LogP contribution in [0.5, 0.6) is 0 Å². The zero-order valence-corrected chi connectivity index (χ0v) is 19.2. The van der Waals surface area contributed by atoms with Gasteiger partial charge in [0.25, 0.3) is 11.8 Å². The molecule has 0 bridgehead atoms. The van der Waals surface area contributed by atoms with Crippen LogP contribution in [-0.2, 0) is 0 Å². The first-order valence-corrected chi connectivity index (χ1v) is 12.1. The lowest BCUT2D eigenvalue weighted by Crippen LogP contribution is -2.64. The van der Waals surface area contributed by atoms with Crippen LogP contribution < -0.4 is 0 Å². The lowest BCUT2D eigenvalue weighted by molar-refractivity contribution is 0.00874. The molecule has 0 aliphatic carbocycles. The summed E-state index contributed by atoms with van der Waals surface area (Å²) < 4.78 is 13.2. The molecule has 2 aliphatic rings. The van der Waals surface area contributed by atoms with Crippen LogP contribution in [0.4, 0.5) is 4.39 Å². The van der Waals surface area contributed by atoms with Crippen molar-refractivity contribution < 1.29 is 14.0 Å². The summed E-state index contributed by atoms with van der Waals surface area (Å²) in [6.07, 6.45) is 1.65. The Bertz CT molecular complexity index is 1120. The number of likely N-dealkylation sites (tertiary alicyclic amines) is 1. The summed E-state index contributed by atoms with van der Waals surface area (Å²) in [5.74, 6) is -0.289. The highest BCUT2D eigenvalue weighted by molar-refractivity contribution is 7.17. The summed E-state index contributed by atoms with van der Waals surface area (Å²) >= 11 is 2.73. The fraction of sp³-hybridized carbons (Fsp3) is 0.364. The summed E-state index contributed by atoms with van der Waals surface area (Å²) in [5.41, 5.74) is 1.52. The minimum absolute atomic E-state index is 0.00203. The molecule has 0 radical (unpaired) electrons. The Morgan fingerprint density at radius 3 is 2.41 bits per heavy atom. The number of benzene rings is 1. The van der Waals surface area contributed by atoms with E-state index in [1.807, 2.05) is 22.1 Å². The molecule has 0 unspecified atom stereocenters. The Morgan fingerprint density at radius 2 is 1.75 bits per heavy atom. The second-order valence-electron chi connectivity index (χ2n) is 7.97. The van der Waals surface area contributed by atoms with Crippen LogP contribution in [-0.4, -0.2) is 81.8 Å². The smallest absolute Gasteiger partial charge is 0.282 e. The molecule has 1 aromatic carbocycles. The molecule has 10 heteroatoms. The number of thiazole rings is 2. The molecule has 7 nitrogen and oxygen atoms in total. The highest BCUT2D eigenvalue weighted by atomic mass is 32.1. The van der Waals surface area contributed by atoms with E-state index in [4.69, 9.17) is 0 Å². The number of amides is 2. The average Bonchev–Trinajstić information content (AvgIpc) is 3.43. The predicted molar refractivity (Wildman–Crippen MR) is 122 cm³/mol. The van der Waals surface area contributed by atoms with E-state index in [9.17, 15) is 14.0 Å². The first-order chi connectivity index (χ1) is 15.5. The number of rotatable bonds is 4. The van der Waals surface area contributed by atoms with Crippen molar-refractivity contribution in [2.75, 3.05) is 39.3 Å². The molecular formula is C22H22FN5O2S2. The zero-order valence-electron chi connectivity index (χ0n) is 17.5. The molecule has 0 saturated carbocycles. The molecule has 5 rings (SSSR count). The number of hydrogen-bond donors (Lipinski definition) is 0. The third-order valence-corrected chi connectivity index (χ3v) is 7.92. The van der Waals surface area contributed by atoms with E-state index in [2.05, 4.69) is 14.9 Å². The third kappa shape index (κ3) is 4.05. The molecule has 0 N–H and O–H groups in total. The number of aryl methyl sites for hydroxylation is 1. The van der Waals surface area contributed by atoms with E-state index in [0.717, 1.165) is 23.7 Å². The van der Waals surface area contributed by atoms with Crippen molar-refractivity contribution in [2.24, 2.45) is 0 Å². The fourth-order valence-corrected chi connectivity index (χ4v) is 5.70. The van der Waals surface area contributed by atoms with Gasteiger partial charge in [-0.15, -0.1) is 22.7 Å². The summed E-state index contributed by atoms with van der Waals surface area (Å²) in [6.45, 7) is 6.17. The van der Waals surface area contributed by atoms with Gasteiger partial charge in [-0.1, -0.05) is 0 Å². The van der Waals surface area contributed by atoms with E-state index < -0.39 is 0 Å². The number of hydrogen-bond acceptors (Lipinski definition) is 7. The number of halogens is 1. The Hall–Kier alpha value is -2.69. The van der Waals surface area contributed by atoms with Crippen molar-refractivity contribution in [3.8, 4) is 10.6 Å². The largest absolute Gasteiger partial charge is 0.335 e. The summed E-state index contributed by atoms with van der Waals surface area (Å²) in [7, 11) is 0. The number of nitrogens with zero attached hydrogens (tertiary/aromatic N) is 5. The van der Waals surface area contributed by atoms with Crippen LogP contribution in [0.15, 0.2) is 35.8 Å². The fourth-order valence-electron chi connectivity index (χ4n) is 4.06. The van der Waals surface area contributed by atoms with E-state index in [0.29, 0.717) is 47.8 Å². The number of carbonyl (C=O) groups is 2. The monoisotopic (exact) mass is 471 g/mol. The van der Waals surface area contributed by atoms with Crippen LogP contribution in [0, 0.1) is 12.7 Å². The Kier molecular flexibility index (Phi) is 5.75. The SMILES string of the molecule is Cc1nc(-c2ccc(F)cc2)sc1C(=O)N1CC(N2CCN(C(=O)c3nccs3)CC2)C1. The first kappa shape index (κ1) is 21.2.